The van der Waals surface area contributed by atoms with Gasteiger partial charge in [0.2, 0.25) is 17.7 Å². The van der Waals surface area contributed by atoms with Crippen LogP contribution in [0.25, 0.3) is 0 Å². The Bertz CT molecular complexity index is 970. The van der Waals surface area contributed by atoms with Crippen molar-refractivity contribution in [3.05, 3.63) is 54.6 Å². The highest BCUT2D eigenvalue weighted by atomic mass is 16.5. The molecule has 0 bridgehead atoms. The normalized spacial score (nSPS) is 19.2. The number of carbonyl (C=O) groups excluding carboxylic acids is 3. The molecule has 7 heteroatoms. The van der Waals surface area contributed by atoms with E-state index in [4.69, 9.17) is 4.74 Å². The third kappa shape index (κ3) is 4.77. The van der Waals surface area contributed by atoms with Crippen molar-refractivity contribution in [3.63, 3.8) is 0 Å². The fourth-order valence-electron chi connectivity index (χ4n) is 4.45. The molecule has 2 heterocycles. The van der Waals surface area contributed by atoms with Gasteiger partial charge in [-0.3, -0.25) is 14.4 Å². The molecular weight excluding hydrogens is 406 g/mol. The minimum Gasteiger partial charge on any atom is -0.492 e. The number of ether oxygens (including phenoxy) is 1. The van der Waals surface area contributed by atoms with Crippen molar-refractivity contribution < 1.29 is 19.1 Å². The lowest BCUT2D eigenvalue weighted by molar-refractivity contribution is -0.138. The Hall–Kier alpha value is -3.35. The van der Waals surface area contributed by atoms with Crippen molar-refractivity contribution in [2.45, 2.75) is 26.2 Å². The molecule has 168 valence electrons. The number of amides is 3. The van der Waals surface area contributed by atoms with Crippen molar-refractivity contribution >= 4 is 29.1 Å². The highest BCUT2D eigenvalue weighted by Crippen LogP contribution is 2.34. The minimum atomic E-state index is -0.369. The highest BCUT2D eigenvalue weighted by molar-refractivity contribution is 6.01. The molecule has 1 unspecified atom stereocenters. The number of carbonyl (C=O) groups is 3. The molecular formula is C25H29N3O4. The summed E-state index contributed by atoms with van der Waals surface area (Å²) in [6.45, 7) is 3.83. The van der Waals surface area contributed by atoms with Gasteiger partial charge < -0.3 is 19.9 Å². The largest absolute Gasteiger partial charge is 0.492 e. The van der Waals surface area contributed by atoms with E-state index in [0.717, 1.165) is 5.69 Å². The van der Waals surface area contributed by atoms with Crippen molar-refractivity contribution in [2.24, 2.45) is 11.8 Å². The first-order chi connectivity index (χ1) is 15.6. The first kappa shape index (κ1) is 21.9. The van der Waals surface area contributed by atoms with Crippen LogP contribution >= 0.6 is 0 Å². The number of benzene rings is 2. The van der Waals surface area contributed by atoms with Crippen LogP contribution < -0.4 is 15.0 Å². The average molecular weight is 436 g/mol. The maximum atomic E-state index is 13.1. The molecule has 4 rings (SSSR count). The molecule has 0 saturated carbocycles. The summed E-state index contributed by atoms with van der Waals surface area (Å²) in [5, 5.41) is 2.95. The number of nitrogens with zero attached hydrogens (tertiary/aromatic N) is 2. The van der Waals surface area contributed by atoms with Crippen LogP contribution in [0.2, 0.25) is 0 Å². The van der Waals surface area contributed by atoms with Crippen LogP contribution in [0.3, 0.4) is 0 Å². The smallest absolute Gasteiger partial charge is 0.228 e. The van der Waals surface area contributed by atoms with E-state index in [1.165, 1.54) is 0 Å². The zero-order chi connectivity index (χ0) is 22.5. The van der Waals surface area contributed by atoms with E-state index in [1.54, 1.807) is 4.90 Å². The molecule has 7 nitrogen and oxygen atoms in total. The molecule has 2 aliphatic heterocycles. The summed E-state index contributed by atoms with van der Waals surface area (Å²) in [7, 11) is 0. The van der Waals surface area contributed by atoms with E-state index in [1.807, 2.05) is 66.4 Å². The van der Waals surface area contributed by atoms with Crippen LogP contribution in [0, 0.1) is 11.8 Å². The van der Waals surface area contributed by atoms with Crippen LogP contribution in [-0.2, 0) is 14.4 Å². The molecule has 1 N–H and O–H groups in total. The first-order valence-corrected chi connectivity index (χ1v) is 11.2. The molecule has 0 aromatic heterocycles. The van der Waals surface area contributed by atoms with Gasteiger partial charge in [0.15, 0.2) is 0 Å². The molecule has 0 radical (unpaired) electrons. The van der Waals surface area contributed by atoms with Gasteiger partial charge in [0.25, 0.3) is 0 Å². The second-order valence-electron chi connectivity index (χ2n) is 8.26. The SMILES string of the molecule is CCOc1ccccc1N1CC(C(=O)N2CCC(C(=O)Nc3ccccc3)CC2)CC1=O. The summed E-state index contributed by atoms with van der Waals surface area (Å²) in [6, 6.07) is 16.8. The van der Waals surface area contributed by atoms with Gasteiger partial charge in [-0.25, -0.2) is 0 Å². The Morgan fingerprint density at radius 1 is 1.00 bits per heavy atom. The Kier molecular flexibility index (Phi) is 6.73. The van der Waals surface area contributed by atoms with Gasteiger partial charge in [-0.2, -0.15) is 0 Å². The van der Waals surface area contributed by atoms with Gasteiger partial charge in [0.05, 0.1) is 18.2 Å². The number of nitrogens with one attached hydrogen (secondary N) is 1. The molecule has 2 aromatic carbocycles. The summed E-state index contributed by atoms with van der Waals surface area (Å²) in [4.78, 5) is 41.8. The monoisotopic (exact) mass is 435 g/mol. The van der Waals surface area contributed by atoms with Crippen molar-refractivity contribution in [3.8, 4) is 5.75 Å². The van der Waals surface area contributed by atoms with E-state index in [2.05, 4.69) is 5.32 Å². The lowest BCUT2D eigenvalue weighted by Crippen LogP contribution is -2.44. The van der Waals surface area contributed by atoms with Gasteiger partial charge in [-0.05, 0) is 44.0 Å². The molecule has 2 aliphatic rings. The third-order valence-electron chi connectivity index (χ3n) is 6.15. The van der Waals surface area contributed by atoms with Crippen LogP contribution in [0.4, 0.5) is 11.4 Å². The molecule has 0 aliphatic carbocycles. The lowest BCUT2D eigenvalue weighted by Gasteiger charge is -2.33. The molecule has 2 fully saturated rings. The predicted molar refractivity (Wildman–Crippen MR) is 122 cm³/mol. The average Bonchev–Trinajstić information content (AvgIpc) is 3.21. The molecule has 1 atom stereocenters. The molecule has 3 amide bonds. The van der Waals surface area contributed by atoms with E-state index in [0.29, 0.717) is 50.5 Å². The van der Waals surface area contributed by atoms with Gasteiger partial charge >= 0.3 is 0 Å². The number of rotatable bonds is 6. The molecule has 2 saturated heterocycles. The standard InChI is InChI=1S/C25H29N3O4/c1-2-32-22-11-7-6-10-21(22)28-17-19(16-23(28)29)25(31)27-14-12-18(13-15-27)24(30)26-20-8-4-3-5-9-20/h3-11,18-19H,2,12-17H2,1H3,(H,26,30). The molecule has 0 spiro atoms. The summed E-state index contributed by atoms with van der Waals surface area (Å²) in [5.74, 6) is 0.106. The summed E-state index contributed by atoms with van der Waals surface area (Å²) in [5.41, 5.74) is 1.50. The zero-order valence-electron chi connectivity index (χ0n) is 18.3. The summed E-state index contributed by atoms with van der Waals surface area (Å²) < 4.78 is 5.66. The van der Waals surface area contributed by atoms with Crippen LogP contribution in [0.15, 0.2) is 54.6 Å². The van der Waals surface area contributed by atoms with Crippen LogP contribution in [-0.4, -0.2) is 48.9 Å². The fourth-order valence-corrected chi connectivity index (χ4v) is 4.45. The fraction of sp³-hybridized carbons (Fsp3) is 0.400. The Balaban J connectivity index is 1.33. The number of para-hydroxylation sites is 3. The highest BCUT2D eigenvalue weighted by Gasteiger charge is 2.39. The van der Waals surface area contributed by atoms with Gasteiger partial charge in [-0.15, -0.1) is 0 Å². The molecule has 32 heavy (non-hydrogen) atoms. The number of hydrogen-bond donors (Lipinski definition) is 1. The van der Waals surface area contributed by atoms with Crippen molar-refractivity contribution in [1.29, 1.82) is 0 Å². The topological polar surface area (TPSA) is 79.0 Å². The van der Waals surface area contributed by atoms with E-state index in [-0.39, 0.29) is 36.0 Å². The van der Waals surface area contributed by atoms with Gasteiger partial charge in [0, 0.05) is 37.7 Å². The van der Waals surface area contributed by atoms with Crippen LogP contribution in [0.1, 0.15) is 26.2 Å². The van der Waals surface area contributed by atoms with E-state index < -0.39 is 0 Å². The number of likely N-dealkylation sites (tertiary alicyclic amines) is 1. The zero-order valence-corrected chi connectivity index (χ0v) is 18.3. The predicted octanol–water partition coefficient (Wildman–Crippen LogP) is 3.32. The number of hydrogen-bond acceptors (Lipinski definition) is 4. The Morgan fingerprint density at radius 2 is 1.69 bits per heavy atom. The summed E-state index contributed by atoms with van der Waals surface area (Å²) >= 11 is 0. The Labute approximate surface area is 188 Å². The Morgan fingerprint density at radius 3 is 2.41 bits per heavy atom. The number of anilines is 2. The van der Waals surface area contributed by atoms with E-state index >= 15 is 0 Å². The lowest BCUT2D eigenvalue weighted by atomic mass is 9.94. The van der Waals surface area contributed by atoms with E-state index in [9.17, 15) is 14.4 Å². The minimum absolute atomic E-state index is 0.00181. The summed E-state index contributed by atoms with van der Waals surface area (Å²) in [6.07, 6.45) is 1.46. The molecule has 2 aromatic rings. The third-order valence-corrected chi connectivity index (χ3v) is 6.15. The maximum absolute atomic E-state index is 13.1. The van der Waals surface area contributed by atoms with Gasteiger partial charge in [0.1, 0.15) is 5.75 Å². The second kappa shape index (κ2) is 9.85. The number of piperidine rings is 1. The van der Waals surface area contributed by atoms with Crippen molar-refractivity contribution in [1.82, 2.24) is 4.90 Å². The van der Waals surface area contributed by atoms with Gasteiger partial charge in [-0.1, -0.05) is 30.3 Å². The first-order valence-electron chi connectivity index (χ1n) is 11.2. The maximum Gasteiger partial charge on any atom is 0.228 e. The van der Waals surface area contributed by atoms with Crippen molar-refractivity contribution in [2.75, 3.05) is 36.5 Å². The second-order valence-corrected chi connectivity index (χ2v) is 8.26. The van der Waals surface area contributed by atoms with Crippen LogP contribution in [0.5, 0.6) is 5.75 Å². The quantitative estimate of drug-likeness (QED) is 0.755.